The van der Waals surface area contributed by atoms with Crippen molar-refractivity contribution in [3.05, 3.63) is 37.5 Å². The maximum atomic E-state index is 11.7. The molecule has 2 heterocycles. The molecular weight excluding hydrogens is 304 g/mol. The highest BCUT2D eigenvalue weighted by Gasteiger charge is 2.12. The molecule has 2 aromatic heterocycles. The number of H-pyrrole nitrogens is 1. The maximum absolute atomic E-state index is 11.7. The van der Waals surface area contributed by atoms with Gasteiger partial charge in [0.1, 0.15) is 4.47 Å². The van der Waals surface area contributed by atoms with E-state index in [0.717, 1.165) is 10.4 Å². The van der Waals surface area contributed by atoms with Crippen LogP contribution in [-0.2, 0) is 11.3 Å². The molecule has 0 aromatic carbocycles. The lowest BCUT2D eigenvalue weighted by Crippen LogP contribution is -2.14. The molecule has 2 rings (SSSR count). The summed E-state index contributed by atoms with van der Waals surface area (Å²) in [7, 11) is 1.57. The van der Waals surface area contributed by atoms with Gasteiger partial charge in [-0.1, -0.05) is 0 Å². The molecule has 0 saturated carbocycles. The van der Waals surface area contributed by atoms with E-state index in [9.17, 15) is 4.79 Å². The highest BCUT2D eigenvalue weighted by molar-refractivity contribution is 9.10. The Morgan fingerprint density at radius 3 is 2.94 bits per heavy atom. The Labute approximate surface area is 111 Å². The Balaban J connectivity index is 2.57. The number of halogens is 1. The minimum absolute atomic E-state index is 0.185. The molecule has 0 aliphatic heterocycles. The predicted octanol–water partition coefficient (Wildman–Crippen LogP) is 2.72. The minimum Gasteiger partial charge on any atom is -0.378 e. The number of rotatable bonds is 3. The van der Waals surface area contributed by atoms with Gasteiger partial charge in [0.15, 0.2) is 5.82 Å². The SMILES string of the molecule is COCc1nc(-c2sccc2C)[nH]c(=O)c1Br. The van der Waals surface area contributed by atoms with Crippen LogP contribution in [0.15, 0.2) is 20.7 Å². The van der Waals surface area contributed by atoms with Crippen molar-refractivity contribution in [2.24, 2.45) is 0 Å². The second-order valence-electron chi connectivity index (χ2n) is 3.54. The topological polar surface area (TPSA) is 55.0 Å². The van der Waals surface area contributed by atoms with Crippen molar-refractivity contribution in [3.8, 4) is 10.7 Å². The third kappa shape index (κ3) is 2.48. The summed E-state index contributed by atoms with van der Waals surface area (Å²) in [5.41, 5.74) is 1.53. The molecule has 0 aliphatic rings. The molecule has 4 nitrogen and oxygen atoms in total. The van der Waals surface area contributed by atoms with Gasteiger partial charge in [-0.05, 0) is 39.9 Å². The van der Waals surface area contributed by atoms with Gasteiger partial charge in [-0.3, -0.25) is 4.79 Å². The van der Waals surface area contributed by atoms with Crippen LogP contribution in [0.1, 0.15) is 11.3 Å². The zero-order valence-corrected chi connectivity index (χ0v) is 11.8. The van der Waals surface area contributed by atoms with E-state index >= 15 is 0 Å². The van der Waals surface area contributed by atoms with Crippen molar-refractivity contribution >= 4 is 27.3 Å². The van der Waals surface area contributed by atoms with Crippen LogP contribution in [0.3, 0.4) is 0 Å². The average molecular weight is 315 g/mol. The Morgan fingerprint density at radius 1 is 1.59 bits per heavy atom. The monoisotopic (exact) mass is 314 g/mol. The smallest absolute Gasteiger partial charge is 0.265 e. The second kappa shape index (κ2) is 5.12. The molecule has 0 bridgehead atoms. The van der Waals surface area contributed by atoms with Gasteiger partial charge in [0.2, 0.25) is 0 Å². The number of aryl methyl sites for hydroxylation is 1. The Morgan fingerprint density at radius 2 is 2.35 bits per heavy atom. The van der Waals surface area contributed by atoms with Crippen molar-refractivity contribution in [2.45, 2.75) is 13.5 Å². The molecule has 1 N–H and O–H groups in total. The van der Waals surface area contributed by atoms with Gasteiger partial charge in [0.05, 0.1) is 17.2 Å². The predicted molar refractivity (Wildman–Crippen MR) is 71.3 cm³/mol. The molecule has 0 radical (unpaired) electrons. The van der Waals surface area contributed by atoms with Gasteiger partial charge < -0.3 is 9.72 Å². The molecule has 90 valence electrons. The molecule has 17 heavy (non-hydrogen) atoms. The number of thiophene rings is 1. The molecule has 2 aromatic rings. The van der Waals surface area contributed by atoms with Gasteiger partial charge in [-0.25, -0.2) is 4.98 Å². The lowest BCUT2D eigenvalue weighted by Gasteiger charge is -2.05. The molecule has 0 fully saturated rings. The minimum atomic E-state index is -0.185. The normalized spacial score (nSPS) is 10.8. The summed E-state index contributed by atoms with van der Waals surface area (Å²) in [4.78, 5) is 19.9. The molecule has 0 saturated heterocycles. The lowest BCUT2D eigenvalue weighted by atomic mass is 10.3. The van der Waals surface area contributed by atoms with E-state index in [1.54, 1.807) is 18.4 Å². The van der Waals surface area contributed by atoms with Crippen LogP contribution in [0.25, 0.3) is 10.7 Å². The summed E-state index contributed by atoms with van der Waals surface area (Å²) >= 11 is 4.77. The molecule has 0 atom stereocenters. The van der Waals surface area contributed by atoms with Crippen molar-refractivity contribution in [1.82, 2.24) is 9.97 Å². The number of aromatic amines is 1. The highest BCUT2D eigenvalue weighted by atomic mass is 79.9. The first-order valence-electron chi connectivity index (χ1n) is 4.95. The fourth-order valence-corrected chi connectivity index (χ4v) is 2.63. The van der Waals surface area contributed by atoms with Crippen LogP contribution in [0, 0.1) is 6.92 Å². The maximum Gasteiger partial charge on any atom is 0.265 e. The molecule has 0 unspecified atom stereocenters. The van der Waals surface area contributed by atoms with Crippen molar-refractivity contribution < 1.29 is 4.74 Å². The number of ether oxygens (including phenoxy) is 1. The Kier molecular flexibility index (Phi) is 3.76. The van der Waals surface area contributed by atoms with Crippen LogP contribution in [0.5, 0.6) is 0 Å². The van der Waals surface area contributed by atoms with Crippen molar-refractivity contribution in [2.75, 3.05) is 7.11 Å². The summed E-state index contributed by atoms with van der Waals surface area (Å²) in [6.45, 7) is 2.30. The zero-order valence-electron chi connectivity index (χ0n) is 9.41. The number of nitrogens with zero attached hydrogens (tertiary/aromatic N) is 1. The van der Waals surface area contributed by atoms with E-state index in [1.165, 1.54) is 0 Å². The van der Waals surface area contributed by atoms with Crippen LogP contribution >= 0.6 is 27.3 Å². The molecular formula is C11H11BrN2O2S. The number of nitrogens with one attached hydrogen (secondary N) is 1. The first kappa shape index (κ1) is 12.5. The van der Waals surface area contributed by atoms with Crippen LogP contribution in [0.4, 0.5) is 0 Å². The van der Waals surface area contributed by atoms with Crippen molar-refractivity contribution in [1.29, 1.82) is 0 Å². The van der Waals surface area contributed by atoms with E-state index in [0.29, 0.717) is 22.6 Å². The van der Waals surface area contributed by atoms with E-state index in [2.05, 4.69) is 25.9 Å². The molecule has 6 heteroatoms. The van der Waals surface area contributed by atoms with E-state index in [-0.39, 0.29) is 5.56 Å². The number of methoxy groups -OCH3 is 1. The number of hydrogen-bond donors (Lipinski definition) is 1. The van der Waals surface area contributed by atoms with Gasteiger partial charge in [0, 0.05) is 7.11 Å². The summed E-state index contributed by atoms with van der Waals surface area (Å²) < 4.78 is 5.45. The van der Waals surface area contributed by atoms with Gasteiger partial charge in [-0.2, -0.15) is 0 Å². The van der Waals surface area contributed by atoms with Crippen LogP contribution in [0.2, 0.25) is 0 Å². The first-order valence-corrected chi connectivity index (χ1v) is 6.63. The largest absolute Gasteiger partial charge is 0.378 e. The van der Waals surface area contributed by atoms with E-state index < -0.39 is 0 Å². The molecule has 0 aliphatic carbocycles. The third-order valence-corrected chi connectivity index (χ3v) is 4.13. The number of hydrogen-bond acceptors (Lipinski definition) is 4. The van der Waals surface area contributed by atoms with Gasteiger partial charge in [-0.15, -0.1) is 11.3 Å². The quantitative estimate of drug-likeness (QED) is 0.947. The number of aromatic nitrogens is 2. The van der Waals surface area contributed by atoms with Gasteiger partial charge in [0.25, 0.3) is 5.56 Å². The van der Waals surface area contributed by atoms with E-state index in [4.69, 9.17) is 4.74 Å². The summed E-state index contributed by atoms with van der Waals surface area (Å²) in [5, 5.41) is 1.97. The van der Waals surface area contributed by atoms with Crippen LogP contribution < -0.4 is 5.56 Å². The Bertz CT molecular complexity index is 591. The van der Waals surface area contributed by atoms with E-state index in [1.807, 2.05) is 18.4 Å². The molecule has 0 spiro atoms. The second-order valence-corrected chi connectivity index (χ2v) is 5.25. The Hall–Kier alpha value is -0.980. The first-order chi connectivity index (χ1) is 8.13. The van der Waals surface area contributed by atoms with Crippen LogP contribution in [-0.4, -0.2) is 17.1 Å². The standard InChI is InChI=1S/C11H11BrN2O2S/c1-6-3-4-17-9(6)10-13-7(5-16-2)8(12)11(15)14-10/h3-4H,5H2,1-2H3,(H,13,14,15). The fourth-order valence-electron chi connectivity index (χ4n) is 1.46. The van der Waals surface area contributed by atoms with Gasteiger partial charge >= 0.3 is 0 Å². The summed E-state index contributed by atoms with van der Waals surface area (Å²) in [6.07, 6.45) is 0. The fraction of sp³-hybridized carbons (Fsp3) is 0.273. The lowest BCUT2D eigenvalue weighted by molar-refractivity contribution is 0.180. The average Bonchev–Trinajstić information content (AvgIpc) is 2.71. The van der Waals surface area contributed by atoms with Crippen molar-refractivity contribution in [3.63, 3.8) is 0 Å². The summed E-state index contributed by atoms with van der Waals surface area (Å²) in [5.74, 6) is 0.595. The highest BCUT2D eigenvalue weighted by Crippen LogP contribution is 2.26. The summed E-state index contributed by atoms with van der Waals surface area (Å²) in [6, 6.07) is 2.00. The zero-order chi connectivity index (χ0) is 12.4. The third-order valence-electron chi connectivity index (χ3n) is 2.29. The molecule has 0 amide bonds.